The lowest BCUT2D eigenvalue weighted by Crippen LogP contribution is -2.40. The zero-order chi connectivity index (χ0) is 18.4. The predicted octanol–water partition coefficient (Wildman–Crippen LogP) is 2.61. The first-order valence-electron chi connectivity index (χ1n) is 9.30. The lowest BCUT2D eigenvalue weighted by molar-refractivity contribution is 0.0942. The number of hydrogen-bond acceptors (Lipinski definition) is 5. The number of carbonyl (C=O) groups excluding carboxylic acids is 1. The van der Waals surface area contributed by atoms with Crippen molar-refractivity contribution in [3.8, 4) is 0 Å². The summed E-state index contributed by atoms with van der Waals surface area (Å²) in [6.07, 6.45) is 5.91. The lowest BCUT2D eigenvalue weighted by atomic mass is 10.2. The first kappa shape index (κ1) is 18.3. The van der Waals surface area contributed by atoms with Gasteiger partial charge in [-0.2, -0.15) is 0 Å². The van der Waals surface area contributed by atoms with Crippen LogP contribution in [0.3, 0.4) is 0 Å². The van der Waals surface area contributed by atoms with Gasteiger partial charge >= 0.3 is 0 Å². The molecule has 6 nitrogen and oxygen atoms in total. The molecule has 2 aromatic rings. The van der Waals surface area contributed by atoms with Gasteiger partial charge in [-0.05, 0) is 56.6 Å². The molecule has 0 spiro atoms. The number of rotatable bonds is 7. The molecule has 1 amide bonds. The van der Waals surface area contributed by atoms with Crippen molar-refractivity contribution in [1.29, 1.82) is 0 Å². The van der Waals surface area contributed by atoms with E-state index in [0.717, 1.165) is 30.8 Å². The number of likely N-dealkylation sites (tertiary alicyclic amines) is 1. The highest BCUT2D eigenvalue weighted by atomic mass is 16.1. The second kappa shape index (κ2) is 8.76. The van der Waals surface area contributed by atoms with E-state index in [1.807, 2.05) is 37.4 Å². The van der Waals surface area contributed by atoms with Gasteiger partial charge in [0.2, 0.25) is 0 Å². The third-order valence-electron chi connectivity index (χ3n) is 4.87. The molecule has 1 aliphatic rings. The Hall–Kier alpha value is -2.47. The van der Waals surface area contributed by atoms with E-state index in [9.17, 15) is 4.79 Å². The molecule has 6 heteroatoms. The Morgan fingerprint density at radius 1 is 1.35 bits per heavy atom. The quantitative estimate of drug-likeness (QED) is 0.801. The minimum atomic E-state index is -0.0749. The largest absolute Gasteiger partial charge is 0.365 e. The van der Waals surface area contributed by atoms with Crippen LogP contribution in [-0.2, 0) is 6.54 Å². The fraction of sp³-hybridized carbons (Fsp3) is 0.450. The second-order valence-electron chi connectivity index (χ2n) is 6.70. The molecule has 138 valence electrons. The molecular formula is C20H27N5O. The highest BCUT2D eigenvalue weighted by molar-refractivity contribution is 5.98. The van der Waals surface area contributed by atoms with Gasteiger partial charge in [0.15, 0.2) is 0 Å². The third kappa shape index (κ3) is 4.58. The molecule has 26 heavy (non-hydrogen) atoms. The van der Waals surface area contributed by atoms with Crippen LogP contribution in [-0.4, -0.2) is 46.5 Å². The van der Waals surface area contributed by atoms with Crippen molar-refractivity contribution in [3.05, 3.63) is 53.5 Å². The maximum absolute atomic E-state index is 12.7. The van der Waals surface area contributed by atoms with Crippen LogP contribution in [0, 0.1) is 6.92 Å². The number of hydrogen-bond donors (Lipinski definition) is 2. The number of aryl methyl sites for hydroxylation is 1. The van der Waals surface area contributed by atoms with Gasteiger partial charge in [0.1, 0.15) is 5.82 Å². The van der Waals surface area contributed by atoms with E-state index in [4.69, 9.17) is 0 Å². The van der Waals surface area contributed by atoms with Crippen LogP contribution >= 0.6 is 0 Å². The molecule has 0 radical (unpaired) electrons. The van der Waals surface area contributed by atoms with Crippen molar-refractivity contribution < 1.29 is 4.79 Å². The highest BCUT2D eigenvalue weighted by Gasteiger charge is 2.24. The number of pyridine rings is 2. The summed E-state index contributed by atoms with van der Waals surface area (Å²) in [6.45, 7) is 7.52. The standard InChI is InChI=1S/C20H27N5O/c1-3-25-11-5-7-17(25)14-23-20(26)18-9-8-15(2)24-19(18)22-13-16-6-4-10-21-12-16/h4,6,8-10,12,17H,3,5,7,11,13-14H2,1-2H3,(H,22,24)(H,23,26). The van der Waals surface area contributed by atoms with Gasteiger partial charge in [-0.25, -0.2) is 4.98 Å². The topological polar surface area (TPSA) is 70.2 Å². The van der Waals surface area contributed by atoms with E-state index in [0.29, 0.717) is 30.5 Å². The Labute approximate surface area is 155 Å². The number of amides is 1. The molecule has 2 aromatic heterocycles. The molecule has 2 N–H and O–H groups in total. The zero-order valence-electron chi connectivity index (χ0n) is 15.5. The first-order chi connectivity index (χ1) is 12.7. The third-order valence-corrected chi connectivity index (χ3v) is 4.87. The number of aromatic nitrogens is 2. The molecule has 1 aliphatic heterocycles. The molecule has 1 fully saturated rings. The maximum Gasteiger partial charge on any atom is 0.255 e. The first-order valence-corrected chi connectivity index (χ1v) is 9.30. The van der Waals surface area contributed by atoms with Gasteiger partial charge in [-0.15, -0.1) is 0 Å². The molecule has 3 heterocycles. The van der Waals surface area contributed by atoms with Gasteiger partial charge < -0.3 is 10.6 Å². The molecular weight excluding hydrogens is 326 g/mol. The van der Waals surface area contributed by atoms with Crippen LogP contribution in [0.2, 0.25) is 0 Å². The SMILES string of the molecule is CCN1CCCC1CNC(=O)c1ccc(C)nc1NCc1cccnc1. The van der Waals surface area contributed by atoms with E-state index >= 15 is 0 Å². The fourth-order valence-corrected chi connectivity index (χ4v) is 3.41. The van der Waals surface area contributed by atoms with Gasteiger partial charge in [0.25, 0.3) is 5.91 Å². The van der Waals surface area contributed by atoms with E-state index in [2.05, 4.69) is 32.4 Å². The van der Waals surface area contributed by atoms with Gasteiger partial charge in [0, 0.05) is 37.2 Å². The Bertz CT molecular complexity index is 734. The number of likely N-dealkylation sites (N-methyl/N-ethyl adjacent to an activating group) is 1. The van der Waals surface area contributed by atoms with Gasteiger partial charge in [-0.3, -0.25) is 14.7 Å². The number of nitrogens with zero attached hydrogens (tertiary/aromatic N) is 3. The minimum Gasteiger partial charge on any atom is -0.365 e. The Morgan fingerprint density at radius 3 is 3.00 bits per heavy atom. The van der Waals surface area contributed by atoms with Crippen LogP contribution in [0.4, 0.5) is 5.82 Å². The average molecular weight is 353 g/mol. The van der Waals surface area contributed by atoms with Crippen molar-refractivity contribution in [3.63, 3.8) is 0 Å². The summed E-state index contributed by atoms with van der Waals surface area (Å²) in [5, 5.41) is 6.37. The van der Waals surface area contributed by atoms with E-state index in [-0.39, 0.29) is 5.91 Å². The summed E-state index contributed by atoms with van der Waals surface area (Å²) in [5.74, 6) is 0.541. The maximum atomic E-state index is 12.7. The summed E-state index contributed by atoms with van der Waals surface area (Å²) >= 11 is 0. The molecule has 1 atom stereocenters. The van der Waals surface area contributed by atoms with Crippen LogP contribution < -0.4 is 10.6 Å². The monoisotopic (exact) mass is 353 g/mol. The predicted molar refractivity (Wildman–Crippen MR) is 103 cm³/mol. The summed E-state index contributed by atoms with van der Waals surface area (Å²) in [7, 11) is 0. The highest BCUT2D eigenvalue weighted by Crippen LogP contribution is 2.17. The van der Waals surface area contributed by atoms with Crippen molar-refractivity contribution in [1.82, 2.24) is 20.2 Å². The van der Waals surface area contributed by atoms with Crippen LogP contribution in [0.5, 0.6) is 0 Å². The summed E-state index contributed by atoms with van der Waals surface area (Å²) in [6, 6.07) is 8.05. The van der Waals surface area contributed by atoms with E-state index < -0.39 is 0 Å². The summed E-state index contributed by atoms with van der Waals surface area (Å²) < 4.78 is 0. The molecule has 3 rings (SSSR count). The van der Waals surface area contributed by atoms with Gasteiger partial charge in [-0.1, -0.05) is 13.0 Å². The van der Waals surface area contributed by atoms with E-state index in [1.165, 1.54) is 6.42 Å². The molecule has 1 unspecified atom stereocenters. The molecule has 1 saturated heterocycles. The van der Waals surface area contributed by atoms with E-state index in [1.54, 1.807) is 6.20 Å². The summed E-state index contributed by atoms with van der Waals surface area (Å²) in [4.78, 5) is 23.8. The molecule has 0 bridgehead atoms. The number of anilines is 1. The van der Waals surface area contributed by atoms with Crippen LogP contribution in [0.15, 0.2) is 36.7 Å². The smallest absolute Gasteiger partial charge is 0.255 e. The minimum absolute atomic E-state index is 0.0749. The zero-order valence-corrected chi connectivity index (χ0v) is 15.5. The average Bonchev–Trinajstić information content (AvgIpc) is 3.13. The van der Waals surface area contributed by atoms with Crippen molar-refractivity contribution in [2.24, 2.45) is 0 Å². The van der Waals surface area contributed by atoms with Gasteiger partial charge in [0.05, 0.1) is 5.56 Å². The molecule has 0 aliphatic carbocycles. The van der Waals surface area contributed by atoms with Crippen molar-refractivity contribution in [2.75, 3.05) is 25.0 Å². The second-order valence-corrected chi connectivity index (χ2v) is 6.70. The number of nitrogens with one attached hydrogen (secondary N) is 2. The van der Waals surface area contributed by atoms with Crippen molar-refractivity contribution >= 4 is 11.7 Å². The van der Waals surface area contributed by atoms with Crippen LogP contribution in [0.1, 0.15) is 41.4 Å². The molecule has 0 aromatic carbocycles. The van der Waals surface area contributed by atoms with Crippen LogP contribution in [0.25, 0.3) is 0 Å². The normalized spacial score (nSPS) is 17.2. The Kier molecular flexibility index (Phi) is 6.17. The Morgan fingerprint density at radius 2 is 2.23 bits per heavy atom. The lowest BCUT2D eigenvalue weighted by Gasteiger charge is -2.23. The summed E-state index contributed by atoms with van der Waals surface area (Å²) in [5.41, 5.74) is 2.51. The Balaban J connectivity index is 1.65. The van der Waals surface area contributed by atoms with Crippen molar-refractivity contribution in [2.45, 2.75) is 39.3 Å². The number of carbonyl (C=O) groups is 1. The molecule has 0 saturated carbocycles. The fourth-order valence-electron chi connectivity index (χ4n) is 3.41.